The van der Waals surface area contributed by atoms with E-state index < -0.39 is 0 Å². The van der Waals surface area contributed by atoms with Gasteiger partial charge >= 0.3 is 0 Å². The van der Waals surface area contributed by atoms with Crippen molar-refractivity contribution in [2.45, 2.75) is 38.5 Å². The Balaban J connectivity index is 0.000000182. The largest absolute Gasteiger partial charge is 0.496 e. The third-order valence-corrected chi connectivity index (χ3v) is 9.66. The van der Waals surface area contributed by atoms with Gasteiger partial charge in [-0.05, 0) is 92.4 Å². The van der Waals surface area contributed by atoms with Crippen LogP contribution in [0.25, 0.3) is 0 Å². The van der Waals surface area contributed by atoms with Gasteiger partial charge in [0.05, 0.1) is 20.3 Å². The molecule has 0 fully saturated rings. The first-order valence-electron chi connectivity index (χ1n) is 16.3. The second kappa shape index (κ2) is 17.1. The number of hydrogen-bond acceptors (Lipinski definition) is 5. The van der Waals surface area contributed by atoms with Crippen molar-refractivity contribution in [2.24, 2.45) is 0 Å². The van der Waals surface area contributed by atoms with Crippen LogP contribution in [0.2, 0.25) is 10.0 Å². The average molecular weight is 662 g/mol. The molecule has 4 aromatic rings. The molecule has 0 radical (unpaired) electrons. The summed E-state index contributed by atoms with van der Waals surface area (Å²) in [6.07, 6.45) is 5.72. The Morgan fingerprint density at radius 1 is 0.543 bits per heavy atom. The van der Waals surface area contributed by atoms with Crippen LogP contribution < -0.4 is 14.2 Å². The maximum Gasteiger partial charge on any atom is 0.122 e. The fourth-order valence-electron chi connectivity index (χ4n) is 6.18. The molecule has 2 heterocycles. The van der Waals surface area contributed by atoms with Gasteiger partial charge in [0, 0.05) is 60.2 Å². The summed E-state index contributed by atoms with van der Waals surface area (Å²) in [5.41, 5.74) is 7.55. The topological polar surface area (TPSA) is 34.2 Å². The fraction of sp³-hybridized carbons (Fsp3) is 0.385. The zero-order chi connectivity index (χ0) is 32.3. The first kappa shape index (κ1) is 34.1. The number of hydrogen-bond donors (Lipinski definition) is 0. The van der Waals surface area contributed by atoms with Crippen molar-refractivity contribution in [3.63, 3.8) is 0 Å². The van der Waals surface area contributed by atoms with E-state index in [1.807, 2.05) is 48.5 Å². The first-order chi connectivity index (χ1) is 22.4. The maximum absolute atomic E-state index is 6.41. The molecular weight excluding hydrogens is 615 g/mol. The SMILES string of the molecule is CN1CCc2c(Cl)ccc(OCCc3ccccc3)c2CC1.COc1ccccc1CCOc1ccc(Cl)c2c1CCN(C)CC2. The third kappa shape index (κ3) is 9.19. The summed E-state index contributed by atoms with van der Waals surface area (Å²) in [5.74, 6) is 2.89. The molecule has 0 saturated carbocycles. The monoisotopic (exact) mass is 660 g/mol. The lowest BCUT2D eigenvalue weighted by molar-refractivity contribution is 0.313. The first-order valence-corrected chi connectivity index (χ1v) is 17.1. The fourth-order valence-corrected chi connectivity index (χ4v) is 6.73. The summed E-state index contributed by atoms with van der Waals surface area (Å²) in [4.78, 5) is 4.69. The predicted molar refractivity (Wildman–Crippen MR) is 191 cm³/mol. The molecule has 2 aliphatic heterocycles. The number of fused-ring (bicyclic) bond motifs is 2. The minimum Gasteiger partial charge on any atom is -0.496 e. The Morgan fingerprint density at radius 2 is 1.02 bits per heavy atom. The van der Waals surface area contributed by atoms with E-state index >= 15 is 0 Å². The lowest BCUT2D eigenvalue weighted by atomic mass is 10.0. The van der Waals surface area contributed by atoms with Crippen LogP contribution in [0.15, 0.2) is 78.9 Å². The highest BCUT2D eigenvalue weighted by Crippen LogP contribution is 2.33. The third-order valence-electron chi connectivity index (χ3n) is 8.95. The van der Waals surface area contributed by atoms with Crippen molar-refractivity contribution >= 4 is 23.2 Å². The molecular formula is C39H46Cl2N2O3. The van der Waals surface area contributed by atoms with Gasteiger partial charge in [-0.3, -0.25) is 0 Å². The molecule has 7 heteroatoms. The van der Waals surface area contributed by atoms with Gasteiger partial charge in [0.25, 0.3) is 0 Å². The lowest BCUT2D eigenvalue weighted by Crippen LogP contribution is -2.20. The molecule has 0 spiro atoms. The van der Waals surface area contributed by atoms with Crippen LogP contribution >= 0.6 is 23.2 Å². The van der Waals surface area contributed by atoms with Crippen LogP contribution in [0.5, 0.6) is 17.2 Å². The quantitative estimate of drug-likeness (QED) is 0.182. The van der Waals surface area contributed by atoms with E-state index in [-0.39, 0.29) is 0 Å². The summed E-state index contributed by atoms with van der Waals surface area (Å²) in [5, 5.41) is 1.73. The average Bonchev–Trinajstić information content (AvgIpc) is 3.41. The van der Waals surface area contributed by atoms with Crippen LogP contribution in [-0.2, 0) is 38.5 Å². The minimum atomic E-state index is 0.629. The van der Waals surface area contributed by atoms with Crippen molar-refractivity contribution in [2.75, 3.05) is 60.6 Å². The highest BCUT2D eigenvalue weighted by atomic mass is 35.5. The minimum absolute atomic E-state index is 0.629. The van der Waals surface area contributed by atoms with E-state index in [1.165, 1.54) is 33.4 Å². The van der Waals surface area contributed by atoms with E-state index in [9.17, 15) is 0 Å². The van der Waals surface area contributed by atoms with E-state index in [4.69, 9.17) is 37.4 Å². The normalized spacial score (nSPS) is 15.0. The van der Waals surface area contributed by atoms with E-state index in [0.29, 0.717) is 13.2 Å². The van der Waals surface area contributed by atoms with Gasteiger partial charge in [-0.1, -0.05) is 71.7 Å². The van der Waals surface area contributed by atoms with E-state index in [1.54, 1.807) is 7.11 Å². The molecule has 46 heavy (non-hydrogen) atoms. The van der Waals surface area contributed by atoms with Crippen molar-refractivity contribution in [1.82, 2.24) is 9.80 Å². The van der Waals surface area contributed by atoms with Gasteiger partial charge < -0.3 is 24.0 Å². The molecule has 0 aliphatic carbocycles. The number of benzene rings is 4. The van der Waals surface area contributed by atoms with Gasteiger partial charge in [0.15, 0.2) is 0 Å². The molecule has 0 atom stereocenters. The highest BCUT2D eigenvalue weighted by molar-refractivity contribution is 6.31. The van der Waals surface area contributed by atoms with Crippen LogP contribution in [-0.4, -0.2) is 70.4 Å². The van der Waals surface area contributed by atoms with Gasteiger partial charge in [0.2, 0.25) is 0 Å². The Kier molecular flexibility index (Phi) is 12.7. The van der Waals surface area contributed by atoms with Crippen molar-refractivity contribution in [1.29, 1.82) is 0 Å². The number of methoxy groups -OCH3 is 1. The summed E-state index contributed by atoms with van der Waals surface area (Å²) < 4.78 is 17.6. The van der Waals surface area contributed by atoms with Gasteiger partial charge in [0.1, 0.15) is 17.2 Å². The van der Waals surface area contributed by atoms with Gasteiger partial charge in [-0.15, -0.1) is 0 Å². The van der Waals surface area contributed by atoms with Crippen molar-refractivity contribution in [3.8, 4) is 17.2 Å². The molecule has 4 aromatic carbocycles. The van der Waals surface area contributed by atoms with Crippen LogP contribution in [0.3, 0.4) is 0 Å². The molecule has 0 N–H and O–H groups in total. The van der Waals surface area contributed by atoms with Gasteiger partial charge in [-0.25, -0.2) is 0 Å². The number of nitrogens with zero attached hydrogens (tertiary/aromatic N) is 2. The van der Waals surface area contributed by atoms with Crippen LogP contribution in [0.4, 0.5) is 0 Å². The molecule has 0 saturated heterocycles. The number of para-hydroxylation sites is 1. The Bertz CT molecular complexity index is 1560. The standard InChI is InChI=1S/C20H24ClNO2.C19H22ClNO/c1-22-12-9-16-17(10-13-22)20(8-7-18(16)21)24-14-11-15-5-3-4-6-19(15)23-2;1-21-12-9-16-17(10-13-21)19(8-7-18(16)20)22-14-11-15-5-3-2-4-6-15/h3-8H,9-14H2,1-2H3;2-8H,9-14H2,1H3. The Labute approximate surface area is 285 Å². The number of likely N-dealkylation sites (N-methyl/N-ethyl adjacent to an activating group) is 2. The molecule has 0 bridgehead atoms. The van der Waals surface area contributed by atoms with Crippen molar-refractivity contribution in [3.05, 3.63) is 122 Å². The smallest absolute Gasteiger partial charge is 0.122 e. The molecule has 0 amide bonds. The Morgan fingerprint density at radius 3 is 1.57 bits per heavy atom. The van der Waals surface area contributed by atoms with Crippen molar-refractivity contribution < 1.29 is 14.2 Å². The molecule has 0 aromatic heterocycles. The van der Waals surface area contributed by atoms with Crippen LogP contribution in [0, 0.1) is 0 Å². The second-order valence-corrected chi connectivity index (χ2v) is 12.9. The highest BCUT2D eigenvalue weighted by Gasteiger charge is 2.19. The summed E-state index contributed by atoms with van der Waals surface area (Å²) in [7, 11) is 6.02. The molecule has 244 valence electrons. The number of rotatable bonds is 9. The predicted octanol–water partition coefficient (Wildman–Crippen LogP) is 7.99. The molecule has 2 aliphatic rings. The summed E-state index contributed by atoms with van der Waals surface area (Å²) in [6, 6.07) is 26.5. The van der Waals surface area contributed by atoms with E-state index in [2.05, 4.69) is 54.2 Å². The lowest BCUT2D eigenvalue weighted by Gasteiger charge is -2.15. The number of ether oxygens (including phenoxy) is 3. The zero-order valence-electron chi connectivity index (χ0n) is 27.4. The molecule has 5 nitrogen and oxygen atoms in total. The van der Waals surface area contributed by atoms with E-state index in [0.717, 1.165) is 92.0 Å². The van der Waals surface area contributed by atoms with Gasteiger partial charge in [-0.2, -0.15) is 0 Å². The second-order valence-electron chi connectivity index (χ2n) is 12.1. The van der Waals surface area contributed by atoms with Crippen LogP contribution in [0.1, 0.15) is 33.4 Å². The Hall–Kier alpha value is -3.22. The number of halogens is 2. The zero-order valence-corrected chi connectivity index (χ0v) is 28.9. The molecule has 0 unspecified atom stereocenters. The summed E-state index contributed by atoms with van der Waals surface area (Å²) in [6.45, 7) is 5.52. The molecule has 6 rings (SSSR count). The summed E-state index contributed by atoms with van der Waals surface area (Å²) >= 11 is 12.8. The maximum atomic E-state index is 6.41.